The van der Waals surface area contributed by atoms with E-state index < -0.39 is 6.04 Å². The van der Waals surface area contributed by atoms with Crippen LogP contribution < -0.4 is 11.1 Å². The van der Waals surface area contributed by atoms with Gasteiger partial charge in [-0.1, -0.05) is 6.07 Å². The summed E-state index contributed by atoms with van der Waals surface area (Å²) in [7, 11) is 0. The van der Waals surface area contributed by atoms with Crippen LogP contribution in [0.3, 0.4) is 0 Å². The van der Waals surface area contributed by atoms with Gasteiger partial charge in [0.2, 0.25) is 5.91 Å². The molecule has 6 heteroatoms. The summed E-state index contributed by atoms with van der Waals surface area (Å²) in [5, 5.41) is 21.4. The molecule has 5 nitrogen and oxygen atoms in total. The van der Waals surface area contributed by atoms with Crippen molar-refractivity contribution in [2.45, 2.75) is 31.1 Å². The van der Waals surface area contributed by atoms with E-state index in [0.29, 0.717) is 18.5 Å². The van der Waals surface area contributed by atoms with Gasteiger partial charge < -0.3 is 21.3 Å². The Labute approximate surface area is 123 Å². The van der Waals surface area contributed by atoms with Gasteiger partial charge in [-0.3, -0.25) is 4.79 Å². The Bertz CT molecular complexity index is 477. The zero-order chi connectivity index (χ0) is 15.3. The highest BCUT2D eigenvalue weighted by Crippen LogP contribution is 2.25. The number of hydrogen-bond acceptors (Lipinski definition) is 5. The van der Waals surface area contributed by atoms with Gasteiger partial charge in [0.15, 0.2) is 11.5 Å². The minimum absolute atomic E-state index is 0.0355. The van der Waals surface area contributed by atoms with Gasteiger partial charge in [-0.2, -0.15) is 11.8 Å². The number of aromatic hydroxyl groups is 2. The van der Waals surface area contributed by atoms with Crippen molar-refractivity contribution in [3.63, 3.8) is 0 Å². The highest BCUT2D eigenvalue weighted by Gasteiger charge is 2.20. The molecule has 1 aromatic rings. The van der Waals surface area contributed by atoms with E-state index in [2.05, 4.69) is 5.32 Å². The molecule has 0 fully saturated rings. The monoisotopic (exact) mass is 298 g/mol. The number of thioether (sulfide) groups is 1. The Morgan fingerprint density at radius 2 is 2.05 bits per heavy atom. The number of phenolic OH excluding ortho intramolecular Hbond substituents is 2. The van der Waals surface area contributed by atoms with Crippen molar-refractivity contribution < 1.29 is 15.0 Å². The third kappa shape index (κ3) is 4.94. The fraction of sp³-hybridized carbons (Fsp3) is 0.500. The molecule has 1 aromatic carbocycles. The zero-order valence-electron chi connectivity index (χ0n) is 12.0. The van der Waals surface area contributed by atoms with Crippen molar-refractivity contribution in [2.75, 3.05) is 12.8 Å². The molecule has 0 aliphatic heterocycles. The molecule has 0 unspecified atom stereocenters. The lowest BCUT2D eigenvalue weighted by molar-refractivity contribution is -0.122. The molecule has 0 spiro atoms. The molecule has 112 valence electrons. The van der Waals surface area contributed by atoms with E-state index in [4.69, 9.17) is 5.73 Å². The maximum absolute atomic E-state index is 11.9. The van der Waals surface area contributed by atoms with Gasteiger partial charge in [0.25, 0.3) is 0 Å². The highest BCUT2D eigenvalue weighted by atomic mass is 32.2. The van der Waals surface area contributed by atoms with Gasteiger partial charge in [0.05, 0.1) is 6.04 Å². The first-order chi connectivity index (χ1) is 9.25. The smallest absolute Gasteiger partial charge is 0.237 e. The largest absolute Gasteiger partial charge is 0.504 e. The number of nitrogens with two attached hydrogens (primary N) is 1. The van der Waals surface area contributed by atoms with Crippen LogP contribution in [0.2, 0.25) is 0 Å². The molecule has 0 aromatic heterocycles. The third-order valence-electron chi connectivity index (χ3n) is 3.07. The number of carbonyl (C=O) groups is 1. The van der Waals surface area contributed by atoms with Crippen LogP contribution in [0.25, 0.3) is 0 Å². The second kappa shape index (κ2) is 6.85. The molecule has 0 saturated carbocycles. The summed E-state index contributed by atoms with van der Waals surface area (Å²) in [6.07, 6.45) is 2.30. The van der Waals surface area contributed by atoms with Crippen LogP contribution >= 0.6 is 11.8 Å². The molecule has 0 aliphatic rings. The van der Waals surface area contributed by atoms with Gasteiger partial charge in [-0.15, -0.1) is 0 Å². The van der Waals surface area contributed by atoms with E-state index in [1.807, 2.05) is 20.1 Å². The van der Waals surface area contributed by atoms with Crippen molar-refractivity contribution in [1.29, 1.82) is 0 Å². The molecule has 1 rings (SSSR count). The summed E-state index contributed by atoms with van der Waals surface area (Å²) in [6, 6.07) is 3.74. The van der Waals surface area contributed by atoms with E-state index in [0.717, 1.165) is 0 Å². The maximum atomic E-state index is 11.9. The Balaban J connectivity index is 2.55. The van der Waals surface area contributed by atoms with Crippen LogP contribution in [0, 0.1) is 0 Å². The lowest BCUT2D eigenvalue weighted by Gasteiger charge is -2.23. The van der Waals surface area contributed by atoms with Crippen molar-refractivity contribution in [1.82, 2.24) is 5.32 Å². The topological polar surface area (TPSA) is 95.6 Å². The highest BCUT2D eigenvalue weighted by molar-refractivity contribution is 7.99. The third-order valence-corrected chi connectivity index (χ3v) is 4.32. The lowest BCUT2D eigenvalue weighted by Crippen LogP contribution is -2.46. The van der Waals surface area contributed by atoms with Crippen LogP contribution in [0.4, 0.5) is 0 Å². The van der Waals surface area contributed by atoms with Crippen LogP contribution in [0.1, 0.15) is 19.4 Å². The Kier molecular flexibility index (Phi) is 5.71. The van der Waals surface area contributed by atoms with Gasteiger partial charge in [0, 0.05) is 11.3 Å². The molecular formula is C14H22N2O3S. The molecule has 1 atom stereocenters. The number of nitrogens with one attached hydrogen (secondary N) is 1. The number of rotatable bonds is 6. The molecule has 1 amide bonds. The fourth-order valence-electron chi connectivity index (χ4n) is 1.55. The first-order valence-corrected chi connectivity index (χ1v) is 7.57. The minimum Gasteiger partial charge on any atom is -0.504 e. The standard InChI is InChI=1S/C14H22N2O3S/c1-14(2,20-3)8-16-13(19)10(15)6-9-4-5-11(17)12(18)7-9/h4-5,7,10,17-18H,6,8,15H2,1-3H3,(H,16,19)/t10-/m0/s1. The number of phenols is 2. The molecule has 0 saturated heterocycles. The summed E-state index contributed by atoms with van der Waals surface area (Å²) in [5.74, 6) is -0.619. The van der Waals surface area contributed by atoms with Crippen LogP contribution in [-0.4, -0.2) is 39.7 Å². The summed E-state index contributed by atoms with van der Waals surface area (Å²) < 4.78 is -0.0355. The SMILES string of the molecule is CSC(C)(C)CNC(=O)[C@@H](N)Cc1ccc(O)c(O)c1. The lowest BCUT2D eigenvalue weighted by atomic mass is 10.1. The van der Waals surface area contributed by atoms with Crippen molar-refractivity contribution in [2.24, 2.45) is 5.73 Å². The summed E-state index contributed by atoms with van der Waals surface area (Å²) >= 11 is 1.67. The second-order valence-corrected chi connectivity index (χ2v) is 6.83. The van der Waals surface area contributed by atoms with Crippen molar-refractivity contribution in [3.8, 4) is 11.5 Å². The van der Waals surface area contributed by atoms with Crippen LogP contribution in [0.5, 0.6) is 11.5 Å². The first kappa shape index (κ1) is 16.7. The normalized spacial score (nSPS) is 13.0. The average Bonchev–Trinajstić information content (AvgIpc) is 2.40. The predicted molar refractivity (Wildman–Crippen MR) is 82.1 cm³/mol. The first-order valence-electron chi connectivity index (χ1n) is 6.34. The number of benzene rings is 1. The molecular weight excluding hydrogens is 276 g/mol. The van der Waals surface area contributed by atoms with Gasteiger partial charge in [0.1, 0.15) is 0 Å². The quantitative estimate of drug-likeness (QED) is 0.592. The zero-order valence-corrected chi connectivity index (χ0v) is 12.8. The van der Waals surface area contributed by atoms with E-state index in [1.165, 1.54) is 12.1 Å². The van der Waals surface area contributed by atoms with E-state index in [9.17, 15) is 15.0 Å². The van der Waals surface area contributed by atoms with E-state index in [1.54, 1.807) is 17.8 Å². The molecule has 0 bridgehead atoms. The van der Waals surface area contributed by atoms with Gasteiger partial charge >= 0.3 is 0 Å². The molecule has 0 heterocycles. The molecule has 0 radical (unpaired) electrons. The van der Waals surface area contributed by atoms with Gasteiger partial charge in [-0.25, -0.2) is 0 Å². The van der Waals surface area contributed by atoms with E-state index in [-0.39, 0.29) is 22.2 Å². The maximum Gasteiger partial charge on any atom is 0.237 e. The van der Waals surface area contributed by atoms with Crippen LogP contribution in [-0.2, 0) is 11.2 Å². The summed E-state index contributed by atoms with van der Waals surface area (Å²) in [4.78, 5) is 11.9. The molecule has 20 heavy (non-hydrogen) atoms. The Hall–Kier alpha value is -1.40. The van der Waals surface area contributed by atoms with Crippen molar-refractivity contribution >= 4 is 17.7 Å². The number of amides is 1. The fourth-order valence-corrected chi connectivity index (χ4v) is 1.76. The van der Waals surface area contributed by atoms with Crippen LogP contribution in [0.15, 0.2) is 18.2 Å². The minimum atomic E-state index is -0.684. The Morgan fingerprint density at radius 3 is 2.60 bits per heavy atom. The molecule has 0 aliphatic carbocycles. The second-order valence-electron chi connectivity index (χ2n) is 5.32. The summed E-state index contributed by atoms with van der Waals surface area (Å²) in [6.45, 7) is 4.63. The Morgan fingerprint density at radius 1 is 1.40 bits per heavy atom. The van der Waals surface area contributed by atoms with Crippen molar-refractivity contribution in [3.05, 3.63) is 23.8 Å². The number of carbonyl (C=O) groups excluding carboxylic acids is 1. The van der Waals surface area contributed by atoms with E-state index >= 15 is 0 Å². The number of hydrogen-bond donors (Lipinski definition) is 4. The average molecular weight is 298 g/mol. The predicted octanol–water partition coefficient (Wildman–Crippen LogP) is 1.23. The van der Waals surface area contributed by atoms with Gasteiger partial charge in [-0.05, 0) is 44.2 Å². The molecule has 5 N–H and O–H groups in total. The summed E-state index contributed by atoms with van der Waals surface area (Å²) in [5.41, 5.74) is 6.55.